The summed E-state index contributed by atoms with van der Waals surface area (Å²) in [7, 11) is 0. The fraction of sp³-hybridized carbons (Fsp3) is 0.250. The lowest BCUT2D eigenvalue weighted by Crippen LogP contribution is -2.37. The van der Waals surface area contributed by atoms with Gasteiger partial charge in [-0.2, -0.15) is 0 Å². The van der Waals surface area contributed by atoms with E-state index in [1.807, 2.05) is 12.1 Å². The van der Waals surface area contributed by atoms with E-state index >= 15 is 0 Å². The second-order valence-electron chi connectivity index (χ2n) is 3.54. The zero-order chi connectivity index (χ0) is 12.3. The first kappa shape index (κ1) is 12.3. The van der Waals surface area contributed by atoms with Crippen LogP contribution < -0.4 is 10.1 Å². The number of ether oxygens (including phenoxy) is 1. The first-order valence-corrected chi connectivity index (χ1v) is 6.44. The second-order valence-corrected chi connectivity index (χ2v) is 5.22. The standard InChI is InChI=1S/C12H12ClNO2S/c1-2-5-14-12(15)11-7-16-9-4-3-8(13)6-10(9)17-11/h2-4,6,11H,1,5,7H2,(H,14,15). The molecule has 1 aromatic carbocycles. The van der Waals surface area contributed by atoms with E-state index in [1.54, 1.807) is 12.1 Å². The van der Waals surface area contributed by atoms with Crippen LogP contribution in [0.15, 0.2) is 35.7 Å². The smallest absolute Gasteiger partial charge is 0.237 e. The van der Waals surface area contributed by atoms with Crippen LogP contribution in [0.1, 0.15) is 0 Å². The molecule has 1 aliphatic rings. The van der Waals surface area contributed by atoms with E-state index in [0.29, 0.717) is 18.2 Å². The van der Waals surface area contributed by atoms with Gasteiger partial charge in [0.25, 0.3) is 0 Å². The molecule has 1 heterocycles. The van der Waals surface area contributed by atoms with Crippen LogP contribution in [0.3, 0.4) is 0 Å². The van der Waals surface area contributed by atoms with Gasteiger partial charge < -0.3 is 10.1 Å². The highest BCUT2D eigenvalue weighted by atomic mass is 35.5. The van der Waals surface area contributed by atoms with Crippen molar-refractivity contribution in [3.05, 3.63) is 35.9 Å². The highest BCUT2D eigenvalue weighted by Crippen LogP contribution is 2.38. The topological polar surface area (TPSA) is 38.3 Å². The van der Waals surface area contributed by atoms with Gasteiger partial charge in [-0.15, -0.1) is 18.3 Å². The van der Waals surface area contributed by atoms with Crippen LogP contribution in [0.5, 0.6) is 5.75 Å². The lowest BCUT2D eigenvalue weighted by Gasteiger charge is -2.23. The monoisotopic (exact) mass is 269 g/mol. The molecule has 90 valence electrons. The normalized spacial score (nSPS) is 17.8. The van der Waals surface area contributed by atoms with Crippen molar-refractivity contribution in [1.82, 2.24) is 5.32 Å². The molecule has 2 rings (SSSR count). The van der Waals surface area contributed by atoms with E-state index < -0.39 is 0 Å². The first-order chi connectivity index (χ1) is 8.20. The predicted molar refractivity (Wildman–Crippen MR) is 69.8 cm³/mol. The van der Waals surface area contributed by atoms with Gasteiger partial charge in [0.05, 0.1) is 4.90 Å². The number of rotatable bonds is 3. The number of carbonyl (C=O) groups excluding carboxylic acids is 1. The summed E-state index contributed by atoms with van der Waals surface area (Å²) in [4.78, 5) is 12.7. The Morgan fingerprint density at radius 3 is 3.29 bits per heavy atom. The molecule has 0 aliphatic carbocycles. The Balaban J connectivity index is 2.07. The van der Waals surface area contributed by atoms with Gasteiger partial charge in [0, 0.05) is 11.6 Å². The van der Waals surface area contributed by atoms with Crippen LogP contribution in [-0.4, -0.2) is 24.3 Å². The Bertz CT molecular complexity index is 450. The molecule has 0 bridgehead atoms. The third-order valence-electron chi connectivity index (χ3n) is 2.28. The number of amides is 1. The van der Waals surface area contributed by atoms with Crippen LogP contribution >= 0.6 is 23.4 Å². The number of halogens is 1. The third kappa shape index (κ3) is 2.96. The molecule has 3 nitrogen and oxygen atoms in total. The summed E-state index contributed by atoms with van der Waals surface area (Å²) in [5, 5.41) is 3.17. The number of fused-ring (bicyclic) bond motifs is 1. The summed E-state index contributed by atoms with van der Waals surface area (Å²) in [5.41, 5.74) is 0. The van der Waals surface area contributed by atoms with Crippen LogP contribution in [0, 0.1) is 0 Å². The second kappa shape index (κ2) is 5.47. The summed E-state index contributed by atoms with van der Waals surface area (Å²) < 4.78 is 5.53. The summed E-state index contributed by atoms with van der Waals surface area (Å²) >= 11 is 7.38. The van der Waals surface area contributed by atoms with Gasteiger partial charge >= 0.3 is 0 Å². The fourth-order valence-electron chi connectivity index (χ4n) is 1.46. The zero-order valence-electron chi connectivity index (χ0n) is 9.11. The quantitative estimate of drug-likeness (QED) is 0.857. The average Bonchev–Trinajstić information content (AvgIpc) is 2.35. The predicted octanol–water partition coefficient (Wildman–Crippen LogP) is 2.50. The average molecular weight is 270 g/mol. The Morgan fingerprint density at radius 2 is 2.53 bits per heavy atom. The zero-order valence-corrected chi connectivity index (χ0v) is 10.7. The molecule has 1 amide bonds. The maximum atomic E-state index is 11.8. The molecule has 17 heavy (non-hydrogen) atoms. The summed E-state index contributed by atoms with van der Waals surface area (Å²) in [6.07, 6.45) is 1.65. The molecule has 1 atom stereocenters. The Labute approximate surface area is 109 Å². The van der Waals surface area contributed by atoms with Crippen molar-refractivity contribution in [1.29, 1.82) is 0 Å². The molecule has 0 spiro atoms. The van der Waals surface area contributed by atoms with Gasteiger partial charge in [0.1, 0.15) is 17.6 Å². The largest absolute Gasteiger partial charge is 0.491 e. The molecule has 1 N–H and O–H groups in total. The number of nitrogens with one attached hydrogen (secondary N) is 1. The van der Waals surface area contributed by atoms with Crippen LogP contribution in [0.4, 0.5) is 0 Å². The van der Waals surface area contributed by atoms with Gasteiger partial charge in [-0.1, -0.05) is 17.7 Å². The molecule has 0 radical (unpaired) electrons. The summed E-state index contributed by atoms with van der Waals surface area (Å²) in [6, 6.07) is 5.41. The van der Waals surface area contributed by atoms with E-state index in [1.165, 1.54) is 11.8 Å². The van der Waals surface area contributed by atoms with Crippen LogP contribution in [-0.2, 0) is 4.79 Å². The van der Waals surface area contributed by atoms with E-state index in [9.17, 15) is 4.79 Å². The molecule has 5 heteroatoms. The van der Waals surface area contributed by atoms with Crippen molar-refractivity contribution < 1.29 is 9.53 Å². The molecule has 1 aliphatic heterocycles. The minimum Gasteiger partial charge on any atom is -0.491 e. The molecule has 0 aromatic heterocycles. The number of hydrogen-bond acceptors (Lipinski definition) is 3. The number of hydrogen-bond donors (Lipinski definition) is 1. The Kier molecular flexibility index (Phi) is 3.97. The van der Waals surface area contributed by atoms with E-state index in [0.717, 1.165) is 10.6 Å². The SMILES string of the molecule is C=CCNC(=O)C1COc2ccc(Cl)cc2S1. The van der Waals surface area contributed by atoms with E-state index in [4.69, 9.17) is 16.3 Å². The minimum absolute atomic E-state index is 0.0412. The Hall–Kier alpha value is -1.13. The molecule has 1 aromatic rings. The Morgan fingerprint density at radius 1 is 1.71 bits per heavy atom. The molecule has 0 fully saturated rings. The molecule has 1 unspecified atom stereocenters. The highest BCUT2D eigenvalue weighted by Gasteiger charge is 2.26. The first-order valence-electron chi connectivity index (χ1n) is 5.18. The lowest BCUT2D eigenvalue weighted by atomic mass is 10.3. The minimum atomic E-state index is -0.235. The summed E-state index contributed by atoms with van der Waals surface area (Å²) in [6.45, 7) is 4.40. The van der Waals surface area contributed by atoms with E-state index in [-0.39, 0.29) is 11.2 Å². The number of carbonyl (C=O) groups is 1. The highest BCUT2D eigenvalue weighted by molar-refractivity contribution is 8.00. The maximum Gasteiger partial charge on any atom is 0.237 e. The van der Waals surface area contributed by atoms with Gasteiger partial charge in [0.2, 0.25) is 5.91 Å². The molecule has 0 saturated heterocycles. The third-order valence-corrected chi connectivity index (χ3v) is 3.72. The van der Waals surface area contributed by atoms with E-state index in [2.05, 4.69) is 11.9 Å². The van der Waals surface area contributed by atoms with Crippen molar-refractivity contribution >= 4 is 29.3 Å². The van der Waals surface area contributed by atoms with Crippen molar-refractivity contribution in [2.45, 2.75) is 10.1 Å². The van der Waals surface area contributed by atoms with Gasteiger partial charge in [-0.05, 0) is 18.2 Å². The fourth-order valence-corrected chi connectivity index (χ4v) is 2.77. The van der Waals surface area contributed by atoms with Crippen LogP contribution in [0.25, 0.3) is 0 Å². The van der Waals surface area contributed by atoms with Crippen molar-refractivity contribution in [2.24, 2.45) is 0 Å². The van der Waals surface area contributed by atoms with Crippen molar-refractivity contribution in [2.75, 3.05) is 13.2 Å². The number of benzene rings is 1. The van der Waals surface area contributed by atoms with Crippen molar-refractivity contribution in [3.8, 4) is 5.75 Å². The summed E-state index contributed by atoms with van der Waals surface area (Å²) in [5.74, 6) is 0.743. The molecular weight excluding hydrogens is 258 g/mol. The van der Waals surface area contributed by atoms with Gasteiger partial charge in [0.15, 0.2) is 0 Å². The van der Waals surface area contributed by atoms with Gasteiger partial charge in [-0.3, -0.25) is 4.79 Å². The maximum absolute atomic E-state index is 11.8. The lowest BCUT2D eigenvalue weighted by molar-refractivity contribution is -0.120. The molecular formula is C12H12ClNO2S. The van der Waals surface area contributed by atoms with Crippen molar-refractivity contribution in [3.63, 3.8) is 0 Å². The number of thioether (sulfide) groups is 1. The molecule has 0 saturated carbocycles. The van der Waals surface area contributed by atoms with Gasteiger partial charge in [-0.25, -0.2) is 0 Å². The van der Waals surface area contributed by atoms with Crippen LogP contribution in [0.2, 0.25) is 5.02 Å².